The second-order valence-corrected chi connectivity index (χ2v) is 2.71. The summed E-state index contributed by atoms with van der Waals surface area (Å²) in [6, 6.07) is 2.06. The lowest BCUT2D eigenvalue weighted by atomic mass is 10.1. The van der Waals surface area contributed by atoms with Gasteiger partial charge in [0.05, 0.1) is 16.3 Å². The van der Waals surface area contributed by atoms with Crippen LogP contribution in [0, 0.1) is 25.2 Å². The van der Waals surface area contributed by atoms with Crippen LogP contribution in [0.1, 0.15) is 16.8 Å². The van der Waals surface area contributed by atoms with Crippen molar-refractivity contribution < 1.29 is 0 Å². The number of nitriles is 1. The SMILES string of the molecule is Cc1ncc(Cl)c(C)c1C#N. The number of aryl methyl sites for hydroxylation is 1. The summed E-state index contributed by atoms with van der Waals surface area (Å²) in [4.78, 5) is 3.96. The lowest BCUT2D eigenvalue weighted by Gasteiger charge is -2.01. The fraction of sp³-hybridized carbons (Fsp3) is 0.250. The number of halogens is 1. The van der Waals surface area contributed by atoms with Gasteiger partial charge in [-0.2, -0.15) is 5.26 Å². The molecule has 0 atom stereocenters. The largest absolute Gasteiger partial charge is 0.259 e. The molecule has 0 aliphatic heterocycles. The van der Waals surface area contributed by atoms with E-state index in [-0.39, 0.29) is 0 Å². The zero-order valence-corrected chi connectivity index (χ0v) is 7.11. The van der Waals surface area contributed by atoms with Crippen molar-refractivity contribution in [3.63, 3.8) is 0 Å². The van der Waals surface area contributed by atoms with E-state index in [1.807, 2.05) is 6.92 Å². The topological polar surface area (TPSA) is 36.7 Å². The summed E-state index contributed by atoms with van der Waals surface area (Å²) in [7, 11) is 0. The van der Waals surface area contributed by atoms with Gasteiger partial charge < -0.3 is 0 Å². The van der Waals surface area contributed by atoms with Crippen LogP contribution >= 0.6 is 11.6 Å². The van der Waals surface area contributed by atoms with E-state index in [1.54, 1.807) is 13.1 Å². The maximum absolute atomic E-state index is 8.68. The van der Waals surface area contributed by atoms with Crippen molar-refractivity contribution in [3.05, 3.63) is 28.0 Å². The van der Waals surface area contributed by atoms with Crippen LogP contribution in [0.4, 0.5) is 0 Å². The summed E-state index contributed by atoms with van der Waals surface area (Å²) in [5.41, 5.74) is 2.12. The quantitative estimate of drug-likeness (QED) is 0.593. The van der Waals surface area contributed by atoms with Crippen LogP contribution in [-0.2, 0) is 0 Å². The monoisotopic (exact) mass is 166 g/mol. The summed E-state index contributed by atoms with van der Waals surface area (Å²) in [5, 5.41) is 9.22. The molecule has 3 heteroatoms. The number of pyridine rings is 1. The Morgan fingerprint density at radius 3 is 2.64 bits per heavy atom. The lowest BCUT2D eigenvalue weighted by Crippen LogP contribution is -1.91. The fourth-order valence-corrected chi connectivity index (χ4v) is 1.01. The highest BCUT2D eigenvalue weighted by Crippen LogP contribution is 2.18. The molecule has 0 amide bonds. The van der Waals surface area contributed by atoms with Gasteiger partial charge in [0, 0.05) is 6.20 Å². The van der Waals surface area contributed by atoms with Crippen LogP contribution in [0.3, 0.4) is 0 Å². The molecule has 0 spiro atoms. The molecule has 0 bridgehead atoms. The van der Waals surface area contributed by atoms with Crippen LogP contribution in [0.15, 0.2) is 6.20 Å². The molecule has 56 valence electrons. The second-order valence-electron chi connectivity index (χ2n) is 2.30. The van der Waals surface area contributed by atoms with E-state index < -0.39 is 0 Å². The molecule has 1 heterocycles. The van der Waals surface area contributed by atoms with Gasteiger partial charge in [-0.05, 0) is 19.4 Å². The number of hydrogen-bond donors (Lipinski definition) is 0. The standard InChI is InChI=1S/C8H7ClN2/c1-5-7(3-10)6(2)11-4-8(5)9/h4H,1-2H3. The predicted octanol–water partition coefficient (Wildman–Crippen LogP) is 2.22. The zero-order valence-electron chi connectivity index (χ0n) is 6.35. The van der Waals surface area contributed by atoms with Crippen LogP contribution < -0.4 is 0 Å². The zero-order chi connectivity index (χ0) is 8.43. The summed E-state index contributed by atoms with van der Waals surface area (Å²) >= 11 is 5.75. The highest BCUT2D eigenvalue weighted by molar-refractivity contribution is 6.31. The van der Waals surface area contributed by atoms with Crippen molar-refractivity contribution in [2.24, 2.45) is 0 Å². The summed E-state index contributed by atoms with van der Waals surface area (Å²) in [6.45, 7) is 3.61. The molecular weight excluding hydrogens is 160 g/mol. The Labute approximate surface area is 70.4 Å². The van der Waals surface area contributed by atoms with Gasteiger partial charge in [-0.3, -0.25) is 4.98 Å². The third kappa shape index (κ3) is 1.33. The highest BCUT2D eigenvalue weighted by Gasteiger charge is 2.05. The van der Waals surface area contributed by atoms with Gasteiger partial charge >= 0.3 is 0 Å². The van der Waals surface area contributed by atoms with Gasteiger partial charge in [0.15, 0.2) is 0 Å². The van der Waals surface area contributed by atoms with E-state index in [4.69, 9.17) is 16.9 Å². The third-order valence-electron chi connectivity index (χ3n) is 1.58. The minimum absolute atomic E-state index is 0.548. The average Bonchev–Trinajstić information content (AvgIpc) is 1.99. The minimum atomic E-state index is 0.548. The van der Waals surface area contributed by atoms with E-state index >= 15 is 0 Å². The van der Waals surface area contributed by atoms with Gasteiger partial charge in [0.1, 0.15) is 6.07 Å². The van der Waals surface area contributed by atoms with E-state index in [0.717, 1.165) is 11.3 Å². The maximum atomic E-state index is 8.68. The van der Waals surface area contributed by atoms with Gasteiger partial charge in [-0.1, -0.05) is 11.6 Å². The molecule has 0 saturated carbocycles. The first kappa shape index (κ1) is 8.03. The minimum Gasteiger partial charge on any atom is -0.259 e. The van der Waals surface area contributed by atoms with Crippen LogP contribution in [0.25, 0.3) is 0 Å². The molecule has 1 rings (SSSR count). The molecular formula is C8H7ClN2. The predicted molar refractivity (Wildman–Crippen MR) is 43.4 cm³/mol. The van der Waals surface area contributed by atoms with Crippen LogP contribution in [-0.4, -0.2) is 4.98 Å². The Morgan fingerprint density at radius 1 is 1.55 bits per heavy atom. The summed E-state index contributed by atoms with van der Waals surface area (Å²) < 4.78 is 0. The van der Waals surface area contributed by atoms with E-state index in [0.29, 0.717) is 10.6 Å². The molecule has 0 saturated heterocycles. The molecule has 0 aliphatic carbocycles. The molecule has 1 aromatic rings. The first-order chi connectivity index (χ1) is 5.16. The number of nitrogens with zero attached hydrogens (tertiary/aromatic N) is 2. The number of aromatic nitrogens is 1. The number of rotatable bonds is 0. The molecule has 0 N–H and O–H groups in total. The Bertz CT molecular complexity index is 326. The van der Waals surface area contributed by atoms with E-state index in [2.05, 4.69) is 11.1 Å². The Balaban J connectivity index is 3.44. The van der Waals surface area contributed by atoms with Crippen molar-refractivity contribution in [2.45, 2.75) is 13.8 Å². The smallest absolute Gasteiger partial charge is 0.101 e. The summed E-state index contributed by atoms with van der Waals surface area (Å²) in [5.74, 6) is 0. The van der Waals surface area contributed by atoms with Crippen molar-refractivity contribution in [3.8, 4) is 6.07 Å². The molecule has 0 aliphatic rings. The lowest BCUT2D eigenvalue weighted by molar-refractivity contribution is 1.15. The average molecular weight is 167 g/mol. The van der Waals surface area contributed by atoms with Crippen molar-refractivity contribution in [2.75, 3.05) is 0 Å². The first-order valence-electron chi connectivity index (χ1n) is 3.18. The highest BCUT2D eigenvalue weighted by atomic mass is 35.5. The van der Waals surface area contributed by atoms with Gasteiger partial charge in [0.2, 0.25) is 0 Å². The summed E-state index contributed by atoms with van der Waals surface area (Å²) in [6.07, 6.45) is 1.56. The normalized spacial score (nSPS) is 9.27. The number of hydrogen-bond acceptors (Lipinski definition) is 2. The Kier molecular flexibility index (Phi) is 2.11. The third-order valence-corrected chi connectivity index (χ3v) is 1.96. The van der Waals surface area contributed by atoms with Gasteiger partial charge in [-0.25, -0.2) is 0 Å². The molecule has 0 aromatic carbocycles. The van der Waals surface area contributed by atoms with Crippen molar-refractivity contribution >= 4 is 11.6 Å². The van der Waals surface area contributed by atoms with Crippen molar-refractivity contribution in [1.82, 2.24) is 4.98 Å². The molecule has 2 nitrogen and oxygen atoms in total. The maximum Gasteiger partial charge on any atom is 0.101 e. The Hall–Kier alpha value is -1.07. The van der Waals surface area contributed by atoms with Crippen molar-refractivity contribution in [1.29, 1.82) is 5.26 Å². The van der Waals surface area contributed by atoms with E-state index in [9.17, 15) is 0 Å². The molecule has 0 radical (unpaired) electrons. The molecule has 0 fully saturated rings. The molecule has 0 unspecified atom stereocenters. The molecule has 11 heavy (non-hydrogen) atoms. The van der Waals surface area contributed by atoms with Gasteiger partial charge in [0.25, 0.3) is 0 Å². The van der Waals surface area contributed by atoms with Gasteiger partial charge in [-0.15, -0.1) is 0 Å². The van der Waals surface area contributed by atoms with Crippen LogP contribution in [0.5, 0.6) is 0 Å². The first-order valence-corrected chi connectivity index (χ1v) is 3.56. The van der Waals surface area contributed by atoms with E-state index in [1.165, 1.54) is 0 Å². The fourth-order valence-electron chi connectivity index (χ4n) is 0.870. The van der Waals surface area contributed by atoms with Crippen LogP contribution in [0.2, 0.25) is 5.02 Å². The second kappa shape index (κ2) is 2.89. The Morgan fingerprint density at radius 2 is 2.18 bits per heavy atom. The molecule has 1 aromatic heterocycles.